The molecule has 2 aromatic heterocycles. The number of fused-ring (bicyclic) bond motifs is 2. The van der Waals surface area contributed by atoms with Gasteiger partial charge in [-0.25, -0.2) is 4.98 Å². The number of rotatable bonds is 2. The van der Waals surface area contributed by atoms with Crippen LogP contribution in [0.1, 0.15) is 27.7 Å². The van der Waals surface area contributed by atoms with E-state index in [1.807, 2.05) is 6.07 Å². The predicted octanol–water partition coefficient (Wildman–Crippen LogP) is 5.24. The van der Waals surface area contributed by atoms with Gasteiger partial charge in [0.2, 0.25) is 5.76 Å². The van der Waals surface area contributed by atoms with Gasteiger partial charge in [-0.05, 0) is 48.0 Å². The summed E-state index contributed by atoms with van der Waals surface area (Å²) in [5, 5.41) is 1.23. The van der Waals surface area contributed by atoms with E-state index in [0.717, 1.165) is 0 Å². The Hall–Kier alpha value is -3.15. The molecule has 1 atom stereocenters. The number of nitrogens with zero attached hydrogens (tertiary/aromatic N) is 2. The molecular formula is C22H12Cl2N2O3. The standard InChI is InChI=1S/C22H12Cl2N2O3/c23-13-5-3-4-12(10-13)19-18-20(27)15-11-14(24)7-8-16(15)29-21(18)22(28)26(19)17-6-1-2-9-25-17/h1-11,19H/t19-/m1/s1. The van der Waals surface area contributed by atoms with Crippen molar-refractivity contribution in [1.29, 1.82) is 0 Å². The molecule has 0 fully saturated rings. The Balaban J connectivity index is 1.84. The fourth-order valence-corrected chi connectivity index (χ4v) is 4.04. The molecule has 5 nitrogen and oxygen atoms in total. The normalized spacial score (nSPS) is 15.7. The van der Waals surface area contributed by atoms with Crippen LogP contribution in [0.4, 0.5) is 5.82 Å². The lowest BCUT2D eigenvalue weighted by molar-refractivity contribution is 0.0970. The van der Waals surface area contributed by atoms with Gasteiger partial charge < -0.3 is 4.42 Å². The maximum Gasteiger partial charge on any atom is 0.296 e. The highest BCUT2D eigenvalue weighted by Gasteiger charge is 2.44. The molecule has 0 saturated heterocycles. The number of benzene rings is 2. The zero-order valence-electron chi connectivity index (χ0n) is 14.8. The Kier molecular flexibility index (Phi) is 4.15. The van der Waals surface area contributed by atoms with Crippen molar-refractivity contribution in [1.82, 2.24) is 4.98 Å². The number of amides is 1. The number of carbonyl (C=O) groups is 1. The molecule has 1 aliphatic heterocycles. The Morgan fingerprint density at radius 3 is 2.52 bits per heavy atom. The summed E-state index contributed by atoms with van der Waals surface area (Å²) >= 11 is 12.3. The quantitative estimate of drug-likeness (QED) is 0.442. The summed E-state index contributed by atoms with van der Waals surface area (Å²) in [5.74, 6) is -0.0200. The number of halogens is 2. The molecular weight excluding hydrogens is 411 g/mol. The number of hydrogen-bond donors (Lipinski definition) is 0. The largest absolute Gasteiger partial charge is 0.450 e. The third kappa shape index (κ3) is 2.82. The molecule has 0 radical (unpaired) electrons. The monoisotopic (exact) mass is 422 g/mol. The summed E-state index contributed by atoms with van der Waals surface area (Å²) in [6, 6.07) is 16.3. The van der Waals surface area contributed by atoms with Crippen LogP contribution in [-0.4, -0.2) is 10.9 Å². The first-order valence-corrected chi connectivity index (χ1v) is 9.56. The second-order valence-electron chi connectivity index (χ2n) is 6.64. The lowest BCUT2D eigenvalue weighted by Crippen LogP contribution is -2.30. The van der Waals surface area contributed by atoms with Crippen LogP contribution in [-0.2, 0) is 0 Å². The molecule has 142 valence electrons. The minimum atomic E-state index is -0.717. The first-order chi connectivity index (χ1) is 14.0. The van der Waals surface area contributed by atoms with E-state index in [-0.39, 0.29) is 16.8 Å². The zero-order chi connectivity index (χ0) is 20.1. The number of carbonyl (C=O) groups excluding carboxylic acids is 1. The lowest BCUT2D eigenvalue weighted by Gasteiger charge is -2.24. The average molecular weight is 423 g/mol. The summed E-state index contributed by atoms with van der Waals surface area (Å²) in [4.78, 5) is 32.5. The fraction of sp³-hybridized carbons (Fsp3) is 0.0455. The first kappa shape index (κ1) is 17.9. The van der Waals surface area contributed by atoms with Gasteiger partial charge in [-0.15, -0.1) is 0 Å². The molecule has 1 amide bonds. The second-order valence-corrected chi connectivity index (χ2v) is 7.51. The Bertz CT molecular complexity index is 1340. The van der Waals surface area contributed by atoms with Gasteiger partial charge in [-0.3, -0.25) is 14.5 Å². The number of anilines is 1. The van der Waals surface area contributed by atoms with E-state index < -0.39 is 11.9 Å². The first-order valence-electron chi connectivity index (χ1n) is 8.81. The van der Waals surface area contributed by atoms with Crippen molar-refractivity contribution in [2.75, 3.05) is 4.90 Å². The van der Waals surface area contributed by atoms with Gasteiger partial charge in [-0.2, -0.15) is 0 Å². The molecule has 5 rings (SSSR count). The molecule has 29 heavy (non-hydrogen) atoms. The molecule has 0 spiro atoms. The second kappa shape index (κ2) is 6.72. The van der Waals surface area contributed by atoms with Crippen molar-refractivity contribution in [3.63, 3.8) is 0 Å². The Labute approximate surface area is 175 Å². The fourth-order valence-electron chi connectivity index (χ4n) is 3.67. The minimum absolute atomic E-state index is 0.000418. The van der Waals surface area contributed by atoms with Gasteiger partial charge in [0, 0.05) is 16.2 Å². The highest BCUT2D eigenvalue weighted by atomic mass is 35.5. The third-order valence-corrected chi connectivity index (χ3v) is 5.36. The molecule has 7 heteroatoms. The van der Waals surface area contributed by atoms with Gasteiger partial charge in [-0.1, -0.05) is 41.4 Å². The van der Waals surface area contributed by atoms with E-state index in [4.69, 9.17) is 27.6 Å². The van der Waals surface area contributed by atoms with Crippen LogP contribution >= 0.6 is 23.2 Å². The van der Waals surface area contributed by atoms with Gasteiger partial charge in [0.05, 0.1) is 17.0 Å². The van der Waals surface area contributed by atoms with Gasteiger partial charge in [0.1, 0.15) is 11.4 Å². The SMILES string of the molecule is O=C1c2oc3ccc(Cl)cc3c(=O)c2[C@@H](c2cccc(Cl)c2)N1c1ccccn1. The van der Waals surface area contributed by atoms with E-state index in [0.29, 0.717) is 32.4 Å². The van der Waals surface area contributed by atoms with Crippen LogP contribution in [0.3, 0.4) is 0 Å². The molecule has 0 bridgehead atoms. The van der Waals surface area contributed by atoms with Gasteiger partial charge in [0.15, 0.2) is 5.43 Å². The molecule has 0 N–H and O–H groups in total. The van der Waals surface area contributed by atoms with Crippen LogP contribution in [0.2, 0.25) is 10.0 Å². The predicted molar refractivity (Wildman–Crippen MR) is 112 cm³/mol. The van der Waals surface area contributed by atoms with Crippen molar-refractivity contribution in [2.45, 2.75) is 6.04 Å². The van der Waals surface area contributed by atoms with E-state index in [9.17, 15) is 9.59 Å². The molecule has 0 saturated carbocycles. The molecule has 4 aromatic rings. The average Bonchev–Trinajstić information content (AvgIpc) is 3.02. The van der Waals surface area contributed by atoms with Gasteiger partial charge in [0.25, 0.3) is 5.91 Å². The smallest absolute Gasteiger partial charge is 0.296 e. The molecule has 3 heterocycles. The minimum Gasteiger partial charge on any atom is -0.450 e. The molecule has 2 aromatic carbocycles. The third-order valence-electron chi connectivity index (χ3n) is 4.89. The maximum atomic E-state index is 13.4. The maximum absolute atomic E-state index is 13.4. The number of pyridine rings is 1. The van der Waals surface area contributed by atoms with Crippen molar-refractivity contribution < 1.29 is 9.21 Å². The highest BCUT2D eigenvalue weighted by molar-refractivity contribution is 6.31. The highest BCUT2D eigenvalue weighted by Crippen LogP contribution is 2.41. The van der Waals surface area contributed by atoms with Crippen LogP contribution in [0.25, 0.3) is 11.0 Å². The lowest BCUT2D eigenvalue weighted by atomic mass is 9.98. The van der Waals surface area contributed by atoms with Crippen LogP contribution in [0.5, 0.6) is 0 Å². The summed E-state index contributed by atoms with van der Waals surface area (Å²) < 4.78 is 5.88. The van der Waals surface area contributed by atoms with Gasteiger partial charge >= 0.3 is 0 Å². The zero-order valence-corrected chi connectivity index (χ0v) is 16.3. The Morgan fingerprint density at radius 1 is 0.931 bits per heavy atom. The molecule has 0 unspecified atom stereocenters. The van der Waals surface area contributed by atoms with Crippen LogP contribution in [0.15, 0.2) is 76.1 Å². The summed E-state index contributed by atoms with van der Waals surface area (Å²) in [6.45, 7) is 0. The van der Waals surface area contributed by atoms with E-state index in [1.165, 1.54) is 4.90 Å². The number of hydrogen-bond acceptors (Lipinski definition) is 4. The van der Waals surface area contributed by atoms with Crippen LogP contribution < -0.4 is 10.3 Å². The Morgan fingerprint density at radius 2 is 1.76 bits per heavy atom. The summed E-state index contributed by atoms with van der Waals surface area (Å²) in [7, 11) is 0. The van der Waals surface area contributed by atoms with Crippen molar-refractivity contribution in [3.05, 3.63) is 104 Å². The van der Waals surface area contributed by atoms with E-state index in [2.05, 4.69) is 4.98 Å². The summed E-state index contributed by atoms with van der Waals surface area (Å²) in [6.07, 6.45) is 1.59. The topological polar surface area (TPSA) is 63.4 Å². The summed E-state index contributed by atoms with van der Waals surface area (Å²) in [5.41, 5.74) is 0.932. The van der Waals surface area contributed by atoms with Crippen molar-refractivity contribution in [3.8, 4) is 0 Å². The molecule has 0 aliphatic carbocycles. The van der Waals surface area contributed by atoms with E-state index in [1.54, 1.807) is 60.8 Å². The van der Waals surface area contributed by atoms with Crippen molar-refractivity contribution >= 4 is 45.9 Å². The number of aromatic nitrogens is 1. The van der Waals surface area contributed by atoms with Crippen molar-refractivity contribution in [2.24, 2.45) is 0 Å². The van der Waals surface area contributed by atoms with E-state index >= 15 is 0 Å². The van der Waals surface area contributed by atoms with Crippen LogP contribution in [0, 0.1) is 0 Å². The molecule has 1 aliphatic rings.